The zero-order valence-electron chi connectivity index (χ0n) is 11.2. The van der Waals surface area contributed by atoms with Crippen LogP contribution in [0.15, 0.2) is 0 Å². The van der Waals surface area contributed by atoms with E-state index in [2.05, 4.69) is 12.2 Å². The van der Waals surface area contributed by atoms with E-state index in [0.717, 1.165) is 25.7 Å². The highest BCUT2D eigenvalue weighted by molar-refractivity contribution is 5.75. The zero-order chi connectivity index (χ0) is 13.1. The van der Waals surface area contributed by atoms with Gasteiger partial charge in [-0.3, -0.25) is 4.79 Å². The normalized spacial score (nSPS) is 14.4. The standard InChI is InChI=1S/C13H28N2O2/c1-3-11(7-9-14)5-6-13(17)15-10-8-12(16)4-2/h11-12,16H,3-10,14H2,1-2H3,(H,15,17). The summed E-state index contributed by atoms with van der Waals surface area (Å²) in [6.45, 7) is 5.34. The van der Waals surface area contributed by atoms with Gasteiger partial charge in [0.05, 0.1) is 6.10 Å². The monoisotopic (exact) mass is 244 g/mol. The summed E-state index contributed by atoms with van der Waals surface area (Å²) >= 11 is 0. The predicted molar refractivity (Wildman–Crippen MR) is 70.6 cm³/mol. The minimum atomic E-state index is -0.295. The molecule has 1 amide bonds. The molecule has 4 N–H and O–H groups in total. The molecule has 0 aromatic rings. The highest BCUT2D eigenvalue weighted by Crippen LogP contribution is 2.14. The fourth-order valence-corrected chi connectivity index (χ4v) is 1.79. The van der Waals surface area contributed by atoms with E-state index in [0.29, 0.717) is 31.8 Å². The van der Waals surface area contributed by atoms with Gasteiger partial charge in [-0.2, -0.15) is 0 Å². The molecule has 0 saturated carbocycles. The molecule has 0 rings (SSSR count). The number of aliphatic hydroxyl groups excluding tert-OH is 1. The number of nitrogens with one attached hydrogen (secondary N) is 1. The van der Waals surface area contributed by atoms with Gasteiger partial charge >= 0.3 is 0 Å². The minimum absolute atomic E-state index is 0.0868. The van der Waals surface area contributed by atoms with Gasteiger partial charge in [0.25, 0.3) is 0 Å². The maximum absolute atomic E-state index is 11.5. The number of hydrogen-bond acceptors (Lipinski definition) is 3. The van der Waals surface area contributed by atoms with E-state index in [1.807, 2.05) is 6.92 Å². The van der Waals surface area contributed by atoms with E-state index >= 15 is 0 Å². The molecule has 0 radical (unpaired) electrons. The van der Waals surface area contributed by atoms with E-state index in [1.165, 1.54) is 0 Å². The average Bonchev–Trinajstić information content (AvgIpc) is 2.34. The molecule has 102 valence electrons. The van der Waals surface area contributed by atoms with Gasteiger partial charge in [0.2, 0.25) is 5.91 Å². The van der Waals surface area contributed by atoms with Crippen LogP contribution in [0.1, 0.15) is 52.4 Å². The first-order valence-electron chi connectivity index (χ1n) is 6.78. The number of aliphatic hydroxyl groups is 1. The molecule has 0 bridgehead atoms. The van der Waals surface area contributed by atoms with Gasteiger partial charge in [0.1, 0.15) is 0 Å². The summed E-state index contributed by atoms with van der Waals surface area (Å²) in [5.74, 6) is 0.649. The lowest BCUT2D eigenvalue weighted by atomic mass is 9.96. The second-order valence-corrected chi connectivity index (χ2v) is 4.59. The third-order valence-corrected chi connectivity index (χ3v) is 3.20. The Hall–Kier alpha value is -0.610. The van der Waals surface area contributed by atoms with Crippen molar-refractivity contribution in [3.8, 4) is 0 Å². The lowest BCUT2D eigenvalue weighted by Gasteiger charge is -2.13. The van der Waals surface area contributed by atoms with Gasteiger partial charge in [-0.05, 0) is 38.1 Å². The van der Waals surface area contributed by atoms with Crippen LogP contribution in [0.2, 0.25) is 0 Å². The predicted octanol–water partition coefficient (Wildman–Crippen LogP) is 1.42. The summed E-state index contributed by atoms with van der Waals surface area (Å²) in [6, 6.07) is 0. The lowest BCUT2D eigenvalue weighted by molar-refractivity contribution is -0.121. The van der Waals surface area contributed by atoms with Crippen LogP contribution in [-0.4, -0.2) is 30.2 Å². The Balaban J connectivity index is 3.57. The topological polar surface area (TPSA) is 75.3 Å². The molecule has 0 aromatic carbocycles. The number of carbonyl (C=O) groups excluding carboxylic acids is 1. The van der Waals surface area contributed by atoms with E-state index in [1.54, 1.807) is 0 Å². The second kappa shape index (κ2) is 10.5. The van der Waals surface area contributed by atoms with Crippen LogP contribution >= 0.6 is 0 Å². The molecular formula is C13H28N2O2. The molecule has 0 heterocycles. The highest BCUT2D eigenvalue weighted by Gasteiger charge is 2.09. The zero-order valence-corrected chi connectivity index (χ0v) is 11.2. The fourth-order valence-electron chi connectivity index (χ4n) is 1.79. The molecule has 0 aliphatic heterocycles. The van der Waals surface area contributed by atoms with Crippen molar-refractivity contribution in [3.05, 3.63) is 0 Å². The summed E-state index contributed by atoms with van der Waals surface area (Å²) in [7, 11) is 0. The Labute approximate surface area is 105 Å². The van der Waals surface area contributed by atoms with Crippen LogP contribution in [0.5, 0.6) is 0 Å². The van der Waals surface area contributed by atoms with Gasteiger partial charge in [-0.25, -0.2) is 0 Å². The number of amides is 1. The molecule has 2 atom stereocenters. The molecule has 4 heteroatoms. The van der Waals surface area contributed by atoms with Gasteiger partial charge in [-0.1, -0.05) is 20.3 Å². The Morgan fingerprint density at radius 2 is 1.94 bits per heavy atom. The SMILES string of the molecule is CCC(O)CCNC(=O)CCC(CC)CCN. The van der Waals surface area contributed by atoms with Crippen molar-refractivity contribution in [2.45, 2.75) is 58.5 Å². The van der Waals surface area contributed by atoms with E-state index < -0.39 is 0 Å². The van der Waals surface area contributed by atoms with Crippen LogP contribution in [0.25, 0.3) is 0 Å². The van der Waals surface area contributed by atoms with Crippen molar-refractivity contribution in [2.24, 2.45) is 11.7 Å². The van der Waals surface area contributed by atoms with Crippen molar-refractivity contribution in [3.63, 3.8) is 0 Å². The number of rotatable bonds is 10. The summed E-state index contributed by atoms with van der Waals surface area (Å²) in [4.78, 5) is 11.5. The largest absolute Gasteiger partial charge is 0.393 e. The highest BCUT2D eigenvalue weighted by atomic mass is 16.3. The molecule has 0 spiro atoms. The molecule has 4 nitrogen and oxygen atoms in total. The second-order valence-electron chi connectivity index (χ2n) is 4.59. The molecule has 17 heavy (non-hydrogen) atoms. The Morgan fingerprint density at radius 3 is 2.47 bits per heavy atom. The molecule has 0 saturated heterocycles. The molecule has 0 aliphatic rings. The van der Waals surface area contributed by atoms with Crippen LogP contribution in [0, 0.1) is 5.92 Å². The summed E-state index contributed by atoms with van der Waals surface area (Å²) < 4.78 is 0. The maximum Gasteiger partial charge on any atom is 0.220 e. The number of carbonyl (C=O) groups is 1. The summed E-state index contributed by atoms with van der Waals surface area (Å²) in [6.07, 6.45) is 4.65. The Morgan fingerprint density at radius 1 is 1.24 bits per heavy atom. The quantitative estimate of drug-likeness (QED) is 0.544. The van der Waals surface area contributed by atoms with Crippen LogP contribution in [-0.2, 0) is 4.79 Å². The van der Waals surface area contributed by atoms with Crippen molar-refractivity contribution in [2.75, 3.05) is 13.1 Å². The first kappa shape index (κ1) is 16.4. The average molecular weight is 244 g/mol. The first-order chi connectivity index (χ1) is 8.13. The molecule has 0 aliphatic carbocycles. The minimum Gasteiger partial charge on any atom is -0.393 e. The maximum atomic E-state index is 11.5. The number of nitrogens with two attached hydrogens (primary N) is 1. The summed E-state index contributed by atoms with van der Waals surface area (Å²) in [5.41, 5.74) is 5.51. The van der Waals surface area contributed by atoms with Crippen LogP contribution in [0.3, 0.4) is 0 Å². The van der Waals surface area contributed by atoms with Crippen LogP contribution in [0.4, 0.5) is 0 Å². The van der Waals surface area contributed by atoms with Gasteiger partial charge in [0.15, 0.2) is 0 Å². The van der Waals surface area contributed by atoms with E-state index in [9.17, 15) is 9.90 Å². The van der Waals surface area contributed by atoms with Gasteiger partial charge < -0.3 is 16.2 Å². The molecule has 2 unspecified atom stereocenters. The lowest BCUT2D eigenvalue weighted by Crippen LogP contribution is -2.27. The molecular weight excluding hydrogens is 216 g/mol. The van der Waals surface area contributed by atoms with Crippen molar-refractivity contribution in [1.82, 2.24) is 5.32 Å². The first-order valence-corrected chi connectivity index (χ1v) is 6.78. The fraction of sp³-hybridized carbons (Fsp3) is 0.923. The number of hydrogen-bond donors (Lipinski definition) is 3. The van der Waals surface area contributed by atoms with E-state index in [-0.39, 0.29) is 12.0 Å². The Bertz CT molecular complexity index is 198. The van der Waals surface area contributed by atoms with Crippen molar-refractivity contribution < 1.29 is 9.90 Å². The van der Waals surface area contributed by atoms with Crippen LogP contribution < -0.4 is 11.1 Å². The smallest absolute Gasteiger partial charge is 0.220 e. The molecule has 0 fully saturated rings. The van der Waals surface area contributed by atoms with E-state index in [4.69, 9.17) is 5.73 Å². The summed E-state index contributed by atoms with van der Waals surface area (Å²) in [5, 5.41) is 12.2. The third kappa shape index (κ3) is 9.12. The Kier molecular flexibility index (Phi) is 10.2. The van der Waals surface area contributed by atoms with Crippen molar-refractivity contribution in [1.29, 1.82) is 0 Å². The third-order valence-electron chi connectivity index (χ3n) is 3.20. The molecule has 0 aromatic heterocycles. The van der Waals surface area contributed by atoms with Gasteiger partial charge in [0, 0.05) is 13.0 Å². The van der Waals surface area contributed by atoms with Gasteiger partial charge in [-0.15, -0.1) is 0 Å². The van der Waals surface area contributed by atoms with Crippen molar-refractivity contribution >= 4 is 5.91 Å².